The Morgan fingerprint density at radius 1 is 1.29 bits per heavy atom. The lowest BCUT2D eigenvalue weighted by Crippen LogP contribution is -2.45. The fourth-order valence-electron chi connectivity index (χ4n) is 2.50. The zero-order valence-corrected chi connectivity index (χ0v) is 9.45. The monoisotopic (exact) mass is 197 g/mol. The highest BCUT2D eigenvalue weighted by Crippen LogP contribution is 2.32. The summed E-state index contributed by atoms with van der Waals surface area (Å²) in [5, 5.41) is 9.79. The second-order valence-electron chi connectivity index (χ2n) is 5.56. The van der Waals surface area contributed by atoms with Gasteiger partial charge in [-0.15, -0.1) is 0 Å². The molecule has 0 bridgehead atoms. The van der Waals surface area contributed by atoms with Crippen LogP contribution in [0.4, 0.5) is 0 Å². The highest BCUT2D eigenvalue weighted by atomic mass is 16.3. The van der Waals surface area contributed by atoms with Gasteiger partial charge in [0.15, 0.2) is 0 Å². The van der Waals surface area contributed by atoms with E-state index in [4.69, 9.17) is 0 Å². The molecule has 1 N–H and O–H groups in total. The Hall–Kier alpha value is -0.0800. The third-order valence-electron chi connectivity index (χ3n) is 3.69. The van der Waals surface area contributed by atoms with Crippen molar-refractivity contribution in [2.75, 3.05) is 19.6 Å². The highest BCUT2D eigenvalue weighted by molar-refractivity contribution is 4.84. The van der Waals surface area contributed by atoms with E-state index in [1.54, 1.807) is 0 Å². The van der Waals surface area contributed by atoms with Crippen LogP contribution in [0, 0.1) is 17.8 Å². The molecule has 0 aromatic carbocycles. The van der Waals surface area contributed by atoms with Crippen LogP contribution in [0.15, 0.2) is 0 Å². The first-order valence-electron chi connectivity index (χ1n) is 6.05. The number of β-amino-alcohol motifs (C(OH)–C–C–N with tert-alkyl or cyclic N) is 1. The van der Waals surface area contributed by atoms with Crippen LogP contribution < -0.4 is 0 Å². The van der Waals surface area contributed by atoms with Crippen molar-refractivity contribution in [3.8, 4) is 0 Å². The van der Waals surface area contributed by atoms with Gasteiger partial charge in [0.25, 0.3) is 0 Å². The van der Waals surface area contributed by atoms with E-state index in [1.807, 2.05) is 0 Å². The van der Waals surface area contributed by atoms with Crippen molar-refractivity contribution >= 4 is 0 Å². The Kier molecular flexibility index (Phi) is 3.13. The van der Waals surface area contributed by atoms with Crippen molar-refractivity contribution in [1.82, 2.24) is 4.90 Å². The number of aliphatic hydroxyl groups excluding tert-OH is 1. The first-order chi connectivity index (χ1) is 6.65. The second-order valence-corrected chi connectivity index (χ2v) is 5.56. The van der Waals surface area contributed by atoms with Crippen LogP contribution >= 0.6 is 0 Å². The third kappa shape index (κ3) is 2.71. The molecule has 1 heterocycles. The molecule has 2 heteroatoms. The van der Waals surface area contributed by atoms with E-state index in [0.29, 0.717) is 11.8 Å². The normalized spacial score (nSPS) is 35.1. The average Bonchev–Trinajstić information content (AvgIpc) is 2.87. The Morgan fingerprint density at radius 2 is 2.00 bits per heavy atom. The summed E-state index contributed by atoms with van der Waals surface area (Å²) >= 11 is 0. The maximum absolute atomic E-state index is 9.79. The summed E-state index contributed by atoms with van der Waals surface area (Å²) in [6.45, 7) is 7.92. The predicted molar refractivity (Wildman–Crippen MR) is 58.1 cm³/mol. The van der Waals surface area contributed by atoms with Gasteiger partial charge in [0.1, 0.15) is 0 Å². The van der Waals surface area contributed by atoms with Crippen LogP contribution in [-0.4, -0.2) is 35.7 Å². The van der Waals surface area contributed by atoms with Gasteiger partial charge in [-0.2, -0.15) is 0 Å². The minimum absolute atomic E-state index is 0.0742. The summed E-state index contributed by atoms with van der Waals surface area (Å²) in [5.74, 6) is 2.37. The highest BCUT2D eigenvalue weighted by Gasteiger charge is 2.31. The van der Waals surface area contributed by atoms with Crippen molar-refractivity contribution in [2.24, 2.45) is 17.8 Å². The molecule has 2 fully saturated rings. The van der Waals surface area contributed by atoms with E-state index in [2.05, 4.69) is 18.7 Å². The van der Waals surface area contributed by atoms with Crippen molar-refractivity contribution in [1.29, 1.82) is 0 Å². The molecule has 0 radical (unpaired) electrons. The van der Waals surface area contributed by atoms with Gasteiger partial charge in [0, 0.05) is 19.6 Å². The van der Waals surface area contributed by atoms with Gasteiger partial charge in [-0.3, -0.25) is 0 Å². The molecule has 2 rings (SSSR count). The molecule has 1 aliphatic heterocycles. The van der Waals surface area contributed by atoms with Crippen molar-refractivity contribution < 1.29 is 5.11 Å². The largest absolute Gasteiger partial charge is 0.392 e. The molecule has 82 valence electrons. The first kappa shape index (κ1) is 10.4. The van der Waals surface area contributed by atoms with Crippen LogP contribution in [0.1, 0.15) is 33.1 Å². The molecule has 2 nitrogen and oxygen atoms in total. The lowest BCUT2D eigenvalue weighted by molar-refractivity contribution is 0.0242. The number of rotatable bonds is 3. The molecule has 1 aliphatic carbocycles. The number of piperidine rings is 1. The van der Waals surface area contributed by atoms with Crippen LogP contribution in [0.25, 0.3) is 0 Å². The fourth-order valence-corrected chi connectivity index (χ4v) is 2.50. The van der Waals surface area contributed by atoms with Gasteiger partial charge in [0.2, 0.25) is 0 Å². The van der Waals surface area contributed by atoms with E-state index in [0.717, 1.165) is 18.9 Å². The topological polar surface area (TPSA) is 23.5 Å². The minimum atomic E-state index is -0.0742. The predicted octanol–water partition coefficient (Wildman–Crippen LogP) is 1.74. The SMILES string of the molecule is CC(C)[C@H]1C[C@@H](O)CN(CC2CC2)C1. The van der Waals surface area contributed by atoms with Crippen LogP contribution in [0.3, 0.4) is 0 Å². The Morgan fingerprint density at radius 3 is 2.57 bits per heavy atom. The molecule has 1 saturated carbocycles. The number of likely N-dealkylation sites (tertiary alicyclic amines) is 1. The average molecular weight is 197 g/mol. The molecular weight excluding hydrogens is 174 g/mol. The van der Waals surface area contributed by atoms with E-state index >= 15 is 0 Å². The summed E-state index contributed by atoms with van der Waals surface area (Å²) in [5.41, 5.74) is 0. The maximum atomic E-state index is 9.79. The summed E-state index contributed by atoms with van der Waals surface area (Å²) in [6, 6.07) is 0. The van der Waals surface area contributed by atoms with Crippen molar-refractivity contribution in [3.63, 3.8) is 0 Å². The molecule has 2 aliphatic rings. The molecule has 0 amide bonds. The van der Waals surface area contributed by atoms with Gasteiger partial charge in [0.05, 0.1) is 6.10 Å². The zero-order chi connectivity index (χ0) is 10.1. The first-order valence-corrected chi connectivity index (χ1v) is 6.05. The fraction of sp³-hybridized carbons (Fsp3) is 1.00. The van der Waals surface area contributed by atoms with E-state index in [9.17, 15) is 5.11 Å². The molecule has 0 aromatic heterocycles. The Labute approximate surface area is 87.3 Å². The number of nitrogens with zero attached hydrogens (tertiary/aromatic N) is 1. The molecule has 1 saturated heterocycles. The third-order valence-corrected chi connectivity index (χ3v) is 3.69. The molecule has 14 heavy (non-hydrogen) atoms. The van der Waals surface area contributed by atoms with Crippen molar-refractivity contribution in [3.05, 3.63) is 0 Å². The summed E-state index contributed by atoms with van der Waals surface area (Å²) in [6.07, 6.45) is 3.77. The van der Waals surface area contributed by atoms with E-state index < -0.39 is 0 Å². The lowest BCUT2D eigenvalue weighted by Gasteiger charge is -2.37. The Balaban J connectivity index is 1.84. The number of aliphatic hydroxyl groups is 1. The Bertz CT molecular complexity index is 187. The van der Waals surface area contributed by atoms with E-state index in [-0.39, 0.29) is 6.10 Å². The summed E-state index contributed by atoms with van der Waals surface area (Å²) < 4.78 is 0. The van der Waals surface area contributed by atoms with Gasteiger partial charge >= 0.3 is 0 Å². The minimum Gasteiger partial charge on any atom is -0.392 e. The molecule has 0 aromatic rings. The summed E-state index contributed by atoms with van der Waals surface area (Å²) in [7, 11) is 0. The molecular formula is C12H23NO. The van der Waals surface area contributed by atoms with Gasteiger partial charge in [-0.1, -0.05) is 13.8 Å². The quantitative estimate of drug-likeness (QED) is 0.745. The van der Waals surface area contributed by atoms with Gasteiger partial charge in [-0.25, -0.2) is 0 Å². The maximum Gasteiger partial charge on any atom is 0.0670 e. The second kappa shape index (κ2) is 4.19. The standard InChI is InChI=1S/C12H23NO/c1-9(2)11-5-12(14)8-13(7-11)6-10-3-4-10/h9-12,14H,3-8H2,1-2H3/t11-,12+/m0/s1. The van der Waals surface area contributed by atoms with Crippen LogP contribution in [-0.2, 0) is 0 Å². The van der Waals surface area contributed by atoms with Gasteiger partial charge in [-0.05, 0) is 37.0 Å². The van der Waals surface area contributed by atoms with Crippen LogP contribution in [0.5, 0.6) is 0 Å². The van der Waals surface area contributed by atoms with E-state index in [1.165, 1.54) is 25.9 Å². The number of hydrogen-bond acceptors (Lipinski definition) is 2. The zero-order valence-electron chi connectivity index (χ0n) is 9.45. The smallest absolute Gasteiger partial charge is 0.0670 e. The van der Waals surface area contributed by atoms with Crippen LogP contribution in [0.2, 0.25) is 0 Å². The summed E-state index contributed by atoms with van der Waals surface area (Å²) in [4.78, 5) is 2.48. The van der Waals surface area contributed by atoms with Gasteiger partial charge < -0.3 is 10.0 Å². The molecule has 0 unspecified atom stereocenters. The van der Waals surface area contributed by atoms with Crippen molar-refractivity contribution in [2.45, 2.75) is 39.2 Å². The number of hydrogen-bond donors (Lipinski definition) is 1. The molecule has 0 spiro atoms. The lowest BCUT2D eigenvalue weighted by atomic mass is 9.86. The molecule has 2 atom stereocenters.